The van der Waals surface area contributed by atoms with Crippen molar-refractivity contribution in [3.63, 3.8) is 0 Å². The number of hydrogen-bond donors (Lipinski definition) is 2. The van der Waals surface area contributed by atoms with Gasteiger partial charge in [-0.1, -0.05) is 0 Å². The lowest BCUT2D eigenvalue weighted by Crippen LogP contribution is -2.26. The van der Waals surface area contributed by atoms with Crippen molar-refractivity contribution >= 4 is 11.7 Å². The molecule has 0 saturated carbocycles. The minimum absolute atomic E-state index is 0.0793. The Morgan fingerprint density at radius 2 is 2.22 bits per heavy atom. The first-order valence-electron chi connectivity index (χ1n) is 5.61. The quantitative estimate of drug-likeness (QED) is 0.813. The molecule has 2 aromatic rings. The van der Waals surface area contributed by atoms with E-state index in [9.17, 15) is 9.59 Å². The Hall–Kier alpha value is -2.30. The van der Waals surface area contributed by atoms with E-state index in [0.29, 0.717) is 17.0 Å². The van der Waals surface area contributed by atoms with Crippen LogP contribution in [0.5, 0.6) is 0 Å². The summed E-state index contributed by atoms with van der Waals surface area (Å²) in [5.74, 6) is 0.331. The minimum Gasteiger partial charge on any atom is -0.467 e. The molecule has 0 unspecified atom stereocenters. The summed E-state index contributed by atoms with van der Waals surface area (Å²) in [5.41, 5.74) is 0.851. The van der Waals surface area contributed by atoms with Gasteiger partial charge in [0.05, 0.1) is 12.3 Å². The second kappa shape index (κ2) is 4.91. The Labute approximate surface area is 104 Å². The smallest absolute Gasteiger partial charge is 0.268 e. The average Bonchev–Trinajstić information content (AvgIpc) is 3.00. The van der Waals surface area contributed by atoms with Gasteiger partial charge in [-0.15, -0.1) is 0 Å². The molecular weight excluding hydrogens is 232 g/mol. The summed E-state index contributed by atoms with van der Waals surface area (Å²) in [4.78, 5) is 25.8. The zero-order valence-corrected chi connectivity index (χ0v) is 10.2. The third kappa shape index (κ3) is 2.51. The molecule has 5 heteroatoms. The Morgan fingerprint density at radius 1 is 1.44 bits per heavy atom. The fraction of sp³-hybridized carbons (Fsp3) is 0.231. The SMILES string of the molecule is CC(=O)c1c[nH]c(C(=O)N[C@@H](C)c2ccco2)c1. The van der Waals surface area contributed by atoms with Crippen molar-refractivity contribution in [3.05, 3.63) is 47.7 Å². The van der Waals surface area contributed by atoms with Crippen LogP contribution in [0.4, 0.5) is 0 Å². The van der Waals surface area contributed by atoms with Gasteiger partial charge in [0.25, 0.3) is 5.91 Å². The van der Waals surface area contributed by atoms with Crippen LogP contribution in [0.1, 0.15) is 46.5 Å². The van der Waals surface area contributed by atoms with Gasteiger partial charge in [0.1, 0.15) is 11.5 Å². The van der Waals surface area contributed by atoms with E-state index < -0.39 is 0 Å². The summed E-state index contributed by atoms with van der Waals surface area (Å²) >= 11 is 0. The number of carbonyl (C=O) groups excluding carboxylic acids is 2. The predicted molar refractivity (Wildman–Crippen MR) is 65.4 cm³/mol. The molecule has 2 heterocycles. The maximum absolute atomic E-state index is 11.9. The van der Waals surface area contributed by atoms with Crippen molar-refractivity contribution in [1.82, 2.24) is 10.3 Å². The fourth-order valence-electron chi connectivity index (χ4n) is 1.61. The number of furan rings is 1. The van der Waals surface area contributed by atoms with E-state index in [1.807, 2.05) is 6.92 Å². The van der Waals surface area contributed by atoms with E-state index in [1.165, 1.54) is 19.2 Å². The summed E-state index contributed by atoms with van der Waals surface area (Å²) in [6.07, 6.45) is 3.08. The number of aromatic nitrogens is 1. The van der Waals surface area contributed by atoms with Crippen LogP contribution in [0.2, 0.25) is 0 Å². The molecule has 0 radical (unpaired) electrons. The second-order valence-corrected chi connectivity index (χ2v) is 4.07. The number of Topliss-reactive ketones (excluding diaryl/α,β-unsaturated/α-hetero) is 1. The molecule has 0 spiro atoms. The van der Waals surface area contributed by atoms with Crippen LogP contribution in [-0.4, -0.2) is 16.7 Å². The largest absolute Gasteiger partial charge is 0.467 e. The lowest BCUT2D eigenvalue weighted by Gasteiger charge is -2.10. The Balaban J connectivity index is 2.05. The van der Waals surface area contributed by atoms with Gasteiger partial charge in [0, 0.05) is 11.8 Å². The number of hydrogen-bond acceptors (Lipinski definition) is 3. The van der Waals surface area contributed by atoms with Gasteiger partial charge in [-0.2, -0.15) is 0 Å². The van der Waals surface area contributed by atoms with Crippen molar-refractivity contribution in [1.29, 1.82) is 0 Å². The van der Waals surface area contributed by atoms with E-state index in [1.54, 1.807) is 18.4 Å². The minimum atomic E-state index is -0.272. The molecule has 94 valence electrons. The Morgan fingerprint density at radius 3 is 2.78 bits per heavy atom. The van der Waals surface area contributed by atoms with E-state index in [4.69, 9.17) is 4.42 Å². The summed E-state index contributed by atoms with van der Waals surface area (Å²) in [6.45, 7) is 3.28. The molecule has 2 N–H and O–H groups in total. The molecule has 0 aliphatic carbocycles. The van der Waals surface area contributed by atoms with Gasteiger partial charge in [-0.05, 0) is 32.0 Å². The topological polar surface area (TPSA) is 75.1 Å². The fourth-order valence-corrected chi connectivity index (χ4v) is 1.61. The summed E-state index contributed by atoms with van der Waals surface area (Å²) < 4.78 is 5.20. The molecule has 0 aromatic carbocycles. The van der Waals surface area contributed by atoms with Crippen LogP contribution in [0.3, 0.4) is 0 Å². The lowest BCUT2D eigenvalue weighted by atomic mass is 10.2. The number of aromatic amines is 1. The van der Waals surface area contributed by atoms with Gasteiger partial charge < -0.3 is 14.7 Å². The highest BCUT2D eigenvalue weighted by atomic mass is 16.3. The van der Waals surface area contributed by atoms with E-state index in [2.05, 4.69) is 10.3 Å². The van der Waals surface area contributed by atoms with Crippen LogP contribution in [-0.2, 0) is 0 Å². The number of carbonyl (C=O) groups is 2. The van der Waals surface area contributed by atoms with Crippen molar-refractivity contribution in [3.8, 4) is 0 Å². The third-order valence-electron chi connectivity index (χ3n) is 2.65. The molecule has 2 aromatic heterocycles. The van der Waals surface area contributed by atoms with Crippen molar-refractivity contribution in [2.24, 2.45) is 0 Å². The zero-order chi connectivity index (χ0) is 13.1. The van der Waals surface area contributed by atoms with Crippen LogP contribution < -0.4 is 5.32 Å². The first kappa shape index (κ1) is 12.2. The number of ketones is 1. The Bertz CT molecular complexity index is 555. The van der Waals surface area contributed by atoms with Crippen LogP contribution in [0.15, 0.2) is 35.1 Å². The highest BCUT2D eigenvalue weighted by Crippen LogP contribution is 2.13. The number of rotatable bonds is 4. The number of nitrogens with one attached hydrogen (secondary N) is 2. The monoisotopic (exact) mass is 246 g/mol. The molecule has 18 heavy (non-hydrogen) atoms. The molecular formula is C13H14N2O3. The number of amides is 1. The lowest BCUT2D eigenvalue weighted by molar-refractivity contribution is 0.0930. The predicted octanol–water partition coefficient (Wildman–Crippen LogP) is 2.30. The highest BCUT2D eigenvalue weighted by molar-refractivity contribution is 5.99. The van der Waals surface area contributed by atoms with E-state index >= 15 is 0 Å². The molecule has 0 fully saturated rings. The molecule has 2 rings (SSSR count). The first-order chi connectivity index (χ1) is 8.58. The first-order valence-corrected chi connectivity index (χ1v) is 5.61. The third-order valence-corrected chi connectivity index (χ3v) is 2.65. The van der Waals surface area contributed by atoms with E-state index in [-0.39, 0.29) is 17.7 Å². The number of H-pyrrole nitrogens is 1. The normalized spacial score (nSPS) is 12.1. The van der Waals surface area contributed by atoms with Gasteiger partial charge in [-0.25, -0.2) is 0 Å². The molecule has 0 saturated heterocycles. The van der Waals surface area contributed by atoms with Gasteiger partial charge in [0.2, 0.25) is 0 Å². The van der Waals surface area contributed by atoms with E-state index in [0.717, 1.165) is 0 Å². The highest BCUT2D eigenvalue weighted by Gasteiger charge is 2.15. The Kier molecular flexibility index (Phi) is 3.32. The molecule has 0 bridgehead atoms. The maximum Gasteiger partial charge on any atom is 0.268 e. The second-order valence-electron chi connectivity index (χ2n) is 4.07. The molecule has 1 amide bonds. The summed E-state index contributed by atoms with van der Waals surface area (Å²) in [5, 5.41) is 2.78. The summed E-state index contributed by atoms with van der Waals surface area (Å²) in [6, 6.07) is 4.87. The van der Waals surface area contributed by atoms with Gasteiger partial charge >= 0.3 is 0 Å². The van der Waals surface area contributed by atoms with Crippen LogP contribution >= 0.6 is 0 Å². The standard InChI is InChI=1S/C13H14N2O3/c1-8(12-4-3-5-18-12)15-13(17)11-6-10(7-14-11)9(2)16/h3-8,14H,1-2H3,(H,15,17)/t8-/m0/s1. The van der Waals surface area contributed by atoms with Crippen molar-refractivity contribution < 1.29 is 14.0 Å². The summed E-state index contributed by atoms with van der Waals surface area (Å²) in [7, 11) is 0. The molecule has 0 aliphatic rings. The van der Waals surface area contributed by atoms with Gasteiger partial charge in [0.15, 0.2) is 5.78 Å². The van der Waals surface area contributed by atoms with Crippen LogP contribution in [0.25, 0.3) is 0 Å². The zero-order valence-electron chi connectivity index (χ0n) is 10.2. The average molecular weight is 246 g/mol. The van der Waals surface area contributed by atoms with Crippen molar-refractivity contribution in [2.45, 2.75) is 19.9 Å². The molecule has 0 aliphatic heterocycles. The van der Waals surface area contributed by atoms with Crippen LogP contribution in [0, 0.1) is 0 Å². The maximum atomic E-state index is 11.9. The van der Waals surface area contributed by atoms with Crippen molar-refractivity contribution in [2.75, 3.05) is 0 Å². The molecule has 5 nitrogen and oxygen atoms in total. The molecule has 1 atom stereocenters. The van der Waals surface area contributed by atoms with Gasteiger partial charge in [-0.3, -0.25) is 9.59 Å².